The van der Waals surface area contributed by atoms with E-state index in [2.05, 4.69) is 4.90 Å². The second-order valence-electron chi connectivity index (χ2n) is 5.27. The highest BCUT2D eigenvalue weighted by molar-refractivity contribution is 5.16. The third kappa shape index (κ3) is 3.14. The lowest BCUT2D eigenvalue weighted by atomic mass is 10.0. The van der Waals surface area contributed by atoms with Gasteiger partial charge in [-0.05, 0) is 37.1 Å². The molecule has 0 amide bonds. The second kappa shape index (κ2) is 5.99. The van der Waals surface area contributed by atoms with Crippen LogP contribution < -0.4 is 0 Å². The first-order valence-corrected chi connectivity index (χ1v) is 7.04. The van der Waals surface area contributed by atoms with Crippen molar-refractivity contribution in [2.45, 2.75) is 38.1 Å². The molecule has 0 saturated carbocycles. The molecule has 0 spiro atoms. The molecule has 2 saturated heterocycles. The van der Waals surface area contributed by atoms with Crippen LogP contribution in [0.3, 0.4) is 0 Å². The van der Waals surface area contributed by atoms with Crippen LogP contribution in [0.1, 0.15) is 24.8 Å². The number of piperidine rings is 1. The van der Waals surface area contributed by atoms with Crippen molar-refractivity contribution < 1.29 is 13.9 Å². The van der Waals surface area contributed by atoms with E-state index in [1.165, 1.54) is 25.0 Å². The summed E-state index contributed by atoms with van der Waals surface area (Å²) in [5.41, 5.74) is 1.14. The van der Waals surface area contributed by atoms with Gasteiger partial charge in [-0.25, -0.2) is 4.39 Å². The lowest BCUT2D eigenvalue weighted by Gasteiger charge is -2.38. The van der Waals surface area contributed by atoms with E-state index in [1.54, 1.807) is 0 Å². The van der Waals surface area contributed by atoms with Gasteiger partial charge in [-0.3, -0.25) is 4.90 Å². The largest absolute Gasteiger partial charge is 0.349 e. The highest BCUT2D eigenvalue weighted by atomic mass is 19.1. The Morgan fingerprint density at radius 2 is 1.84 bits per heavy atom. The van der Waals surface area contributed by atoms with E-state index < -0.39 is 0 Å². The molecular formula is C15H20FNO2. The first-order chi connectivity index (χ1) is 9.33. The van der Waals surface area contributed by atoms with Crippen LogP contribution in [-0.4, -0.2) is 37.0 Å². The summed E-state index contributed by atoms with van der Waals surface area (Å²) < 4.78 is 24.2. The molecule has 104 valence electrons. The lowest BCUT2D eigenvalue weighted by Crippen LogP contribution is -2.46. The average Bonchev–Trinajstić information content (AvgIpc) is 2.96. The van der Waals surface area contributed by atoms with Crippen LogP contribution in [0, 0.1) is 5.82 Å². The predicted molar refractivity (Wildman–Crippen MR) is 70.1 cm³/mol. The standard InChI is InChI=1S/C15H20FNO2/c16-13-6-4-12(5-7-13)11-17-8-2-1-3-14(17)15-18-9-10-19-15/h4-7,14-15H,1-3,8-11H2. The third-order valence-corrected chi connectivity index (χ3v) is 3.92. The molecule has 2 aliphatic heterocycles. The first kappa shape index (κ1) is 13.0. The summed E-state index contributed by atoms with van der Waals surface area (Å²) in [5, 5.41) is 0. The van der Waals surface area contributed by atoms with Gasteiger partial charge < -0.3 is 9.47 Å². The lowest BCUT2D eigenvalue weighted by molar-refractivity contribution is -0.111. The molecule has 1 aromatic carbocycles. The highest BCUT2D eigenvalue weighted by Gasteiger charge is 2.33. The van der Waals surface area contributed by atoms with Gasteiger partial charge in [0.05, 0.1) is 19.3 Å². The Bertz CT molecular complexity index is 403. The number of hydrogen-bond acceptors (Lipinski definition) is 3. The molecule has 0 bridgehead atoms. The van der Waals surface area contributed by atoms with Crippen LogP contribution in [0.15, 0.2) is 24.3 Å². The molecule has 0 N–H and O–H groups in total. The number of rotatable bonds is 3. The summed E-state index contributed by atoms with van der Waals surface area (Å²) in [6.45, 7) is 3.30. The van der Waals surface area contributed by atoms with E-state index in [0.717, 1.165) is 25.1 Å². The topological polar surface area (TPSA) is 21.7 Å². The SMILES string of the molecule is Fc1ccc(CN2CCCCC2C2OCCO2)cc1. The van der Waals surface area contributed by atoms with E-state index in [9.17, 15) is 4.39 Å². The van der Waals surface area contributed by atoms with E-state index in [0.29, 0.717) is 19.3 Å². The monoisotopic (exact) mass is 265 g/mol. The smallest absolute Gasteiger partial charge is 0.173 e. The normalized spacial score (nSPS) is 25.8. The van der Waals surface area contributed by atoms with Crippen molar-refractivity contribution in [3.8, 4) is 0 Å². The number of nitrogens with zero attached hydrogens (tertiary/aromatic N) is 1. The number of benzene rings is 1. The average molecular weight is 265 g/mol. The molecule has 3 rings (SSSR count). The minimum absolute atomic E-state index is 0.0826. The molecule has 1 aromatic rings. The zero-order valence-electron chi connectivity index (χ0n) is 11.1. The number of likely N-dealkylation sites (tertiary alicyclic amines) is 1. The summed E-state index contributed by atoms with van der Waals surface area (Å²) in [6.07, 6.45) is 3.48. The van der Waals surface area contributed by atoms with Crippen molar-refractivity contribution in [2.75, 3.05) is 19.8 Å². The molecule has 2 heterocycles. The van der Waals surface area contributed by atoms with Crippen molar-refractivity contribution in [3.63, 3.8) is 0 Å². The van der Waals surface area contributed by atoms with Crippen LogP contribution >= 0.6 is 0 Å². The molecule has 0 radical (unpaired) electrons. The van der Waals surface area contributed by atoms with Gasteiger partial charge in [0.25, 0.3) is 0 Å². The highest BCUT2D eigenvalue weighted by Crippen LogP contribution is 2.25. The zero-order valence-corrected chi connectivity index (χ0v) is 11.1. The van der Waals surface area contributed by atoms with E-state index in [1.807, 2.05) is 12.1 Å². The van der Waals surface area contributed by atoms with Crippen molar-refractivity contribution in [3.05, 3.63) is 35.6 Å². The summed E-state index contributed by atoms with van der Waals surface area (Å²) in [4.78, 5) is 2.41. The van der Waals surface area contributed by atoms with Gasteiger partial charge in [0, 0.05) is 6.54 Å². The predicted octanol–water partition coefficient (Wildman–Crippen LogP) is 2.55. The summed E-state index contributed by atoms with van der Waals surface area (Å²) in [6, 6.07) is 7.10. The van der Waals surface area contributed by atoms with Crippen LogP contribution in [-0.2, 0) is 16.0 Å². The van der Waals surface area contributed by atoms with Gasteiger partial charge in [0.15, 0.2) is 6.29 Å². The van der Waals surface area contributed by atoms with Gasteiger partial charge in [0.2, 0.25) is 0 Å². The van der Waals surface area contributed by atoms with Gasteiger partial charge in [-0.2, -0.15) is 0 Å². The number of halogens is 1. The minimum Gasteiger partial charge on any atom is -0.349 e. The van der Waals surface area contributed by atoms with Crippen LogP contribution in [0.4, 0.5) is 4.39 Å². The van der Waals surface area contributed by atoms with Crippen LogP contribution in [0.5, 0.6) is 0 Å². The summed E-state index contributed by atoms with van der Waals surface area (Å²) in [7, 11) is 0. The maximum absolute atomic E-state index is 12.9. The molecule has 2 aliphatic rings. The van der Waals surface area contributed by atoms with Gasteiger partial charge in [-0.1, -0.05) is 18.6 Å². The number of ether oxygens (including phenoxy) is 2. The second-order valence-corrected chi connectivity index (χ2v) is 5.27. The fraction of sp³-hybridized carbons (Fsp3) is 0.600. The Kier molecular flexibility index (Phi) is 4.11. The molecular weight excluding hydrogens is 245 g/mol. The Balaban J connectivity index is 1.67. The molecule has 19 heavy (non-hydrogen) atoms. The van der Waals surface area contributed by atoms with Crippen molar-refractivity contribution in [2.24, 2.45) is 0 Å². The summed E-state index contributed by atoms with van der Waals surface area (Å²) >= 11 is 0. The molecule has 0 aromatic heterocycles. The molecule has 3 nitrogen and oxygen atoms in total. The Morgan fingerprint density at radius 1 is 1.11 bits per heavy atom. The molecule has 2 fully saturated rings. The third-order valence-electron chi connectivity index (χ3n) is 3.92. The van der Waals surface area contributed by atoms with E-state index >= 15 is 0 Å². The van der Waals surface area contributed by atoms with Gasteiger partial charge >= 0.3 is 0 Å². The Hall–Kier alpha value is -0.970. The molecule has 0 aliphatic carbocycles. The summed E-state index contributed by atoms with van der Waals surface area (Å²) in [5.74, 6) is -0.179. The van der Waals surface area contributed by atoms with Crippen molar-refractivity contribution in [1.29, 1.82) is 0 Å². The first-order valence-electron chi connectivity index (χ1n) is 7.04. The van der Waals surface area contributed by atoms with Crippen LogP contribution in [0.25, 0.3) is 0 Å². The van der Waals surface area contributed by atoms with Crippen LogP contribution in [0.2, 0.25) is 0 Å². The molecule has 1 unspecified atom stereocenters. The van der Waals surface area contributed by atoms with Crippen molar-refractivity contribution >= 4 is 0 Å². The maximum Gasteiger partial charge on any atom is 0.173 e. The fourth-order valence-corrected chi connectivity index (χ4v) is 2.94. The van der Waals surface area contributed by atoms with Gasteiger partial charge in [-0.15, -0.1) is 0 Å². The van der Waals surface area contributed by atoms with E-state index in [-0.39, 0.29) is 12.1 Å². The number of hydrogen-bond donors (Lipinski definition) is 0. The quantitative estimate of drug-likeness (QED) is 0.838. The zero-order chi connectivity index (χ0) is 13.1. The molecule has 1 atom stereocenters. The van der Waals surface area contributed by atoms with Crippen molar-refractivity contribution in [1.82, 2.24) is 4.90 Å². The Morgan fingerprint density at radius 3 is 2.58 bits per heavy atom. The minimum atomic E-state index is -0.179. The van der Waals surface area contributed by atoms with E-state index in [4.69, 9.17) is 9.47 Å². The molecule has 4 heteroatoms. The maximum atomic E-state index is 12.9. The fourth-order valence-electron chi connectivity index (χ4n) is 2.94. The Labute approximate surface area is 113 Å². The van der Waals surface area contributed by atoms with Gasteiger partial charge in [0.1, 0.15) is 5.82 Å².